The zero-order chi connectivity index (χ0) is 21.2. The molecule has 0 aliphatic rings. The van der Waals surface area contributed by atoms with Crippen LogP contribution < -0.4 is 10.1 Å². The van der Waals surface area contributed by atoms with Crippen molar-refractivity contribution in [2.24, 2.45) is 0 Å². The summed E-state index contributed by atoms with van der Waals surface area (Å²) in [6, 6.07) is 11.9. The fourth-order valence-electron chi connectivity index (χ4n) is 2.83. The van der Waals surface area contributed by atoms with Gasteiger partial charge in [-0.15, -0.1) is 0 Å². The van der Waals surface area contributed by atoms with Gasteiger partial charge >= 0.3 is 0 Å². The Morgan fingerprint density at radius 2 is 1.76 bits per heavy atom. The molecule has 29 heavy (non-hydrogen) atoms. The number of rotatable bonds is 10. The van der Waals surface area contributed by atoms with E-state index in [1.807, 2.05) is 26.0 Å². The van der Waals surface area contributed by atoms with Gasteiger partial charge in [0.05, 0.1) is 0 Å². The molecular weight excluding hydrogens is 395 g/mol. The molecule has 0 aromatic heterocycles. The van der Waals surface area contributed by atoms with E-state index in [4.69, 9.17) is 16.3 Å². The SMILES string of the molecule is CCCNC(=O)C(CC)N(Cc1ccc(Cl)cc1)C(=O)COc1ccc(F)cc1. The van der Waals surface area contributed by atoms with Gasteiger partial charge in [0.1, 0.15) is 17.6 Å². The van der Waals surface area contributed by atoms with E-state index < -0.39 is 6.04 Å². The first-order valence-corrected chi connectivity index (χ1v) is 10.0. The molecule has 0 heterocycles. The summed E-state index contributed by atoms with van der Waals surface area (Å²) < 4.78 is 18.5. The normalized spacial score (nSPS) is 11.6. The number of amides is 2. The minimum Gasteiger partial charge on any atom is -0.484 e. The first kappa shape index (κ1) is 22.7. The fraction of sp³-hybridized carbons (Fsp3) is 0.364. The van der Waals surface area contributed by atoms with Crippen LogP contribution >= 0.6 is 11.6 Å². The van der Waals surface area contributed by atoms with E-state index in [2.05, 4.69) is 5.32 Å². The minimum absolute atomic E-state index is 0.196. The quantitative estimate of drug-likeness (QED) is 0.627. The second kappa shape index (κ2) is 11.4. The van der Waals surface area contributed by atoms with Crippen molar-refractivity contribution in [3.63, 3.8) is 0 Å². The van der Waals surface area contributed by atoms with Gasteiger partial charge in [-0.2, -0.15) is 0 Å². The summed E-state index contributed by atoms with van der Waals surface area (Å²) in [5.74, 6) is -0.525. The van der Waals surface area contributed by atoms with E-state index in [-0.39, 0.29) is 30.8 Å². The Balaban J connectivity index is 2.16. The maximum atomic E-state index is 13.0. The Morgan fingerprint density at radius 3 is 2.34 bits per heavy atom. The van der Waals surface area contributed by atoms with Crippen LogP contribution in [0.5, 0.6) is 5.75 Å². The molecular formula is C22H26ClFN2O3. The van der Waals surface area contributed by atoms with E-state index in [1.165, 1.54) is 29.2 Å². The zero-order valence-corrected chi connectivity index (χ0v) is 17.4. The molecule has 5 nitrogen and oxygen atoms in total. The lowest BCUT2D eigenvalue weighted by Gasteiger charge is -2.30. The fourth-order valence-corrected chi connectivity index (χ4v) is 2.96. The van der Waals surface area contributed by atoms with Crippen molar-refractivity contribution in [2.75, 3.05) is 13.2 Å². The maximum absolute atomic E-state index is 13.0. The van der Waals surface area contributed by atoms with Gasteiger partial charge in [-0.25, -0.2) is 4.39 Å². The Hall–Kier alpha value is -2.60. The Bertz CT molecular complexity index is 797. The third-order valence-electron chi connectivity index (χ3n) is 4.38. The van der Waals surface area contributed by atoms with Gasteiger partial charge in [0, 0.05) is 18.1 Å². The zero-order valence-electron chi connectivity index (χ0n) is 16.7. The smallest absolute Gasteiger partial charge is 0.261 e. The highest BCUT2D eigenvalue weighted by molar-refractivity contribution is 6.30. The third-order valence-corrected chi connectivity index (χ3v) is 4.63. The first-order chi connectivity index (χ1) is 13.9. The number of hydrogen-bond acceptors (Lipinski definition) is 3. The topological polar surface area (TPSA) is 58.6 Å². The number of ether oxygens (including phenoxy) is 1. The van der Waals surface area contributed by atoms with Crippen LogP contribution in [0.1, 0.15) is 32.3 Å². The van der Waals surface area contributed by atoms with Crippen LogP contribution in [0.25, 0.3) is 0 Å². The van der Waals surface area contributed by atoms with Gasteiger partial charge in [-0.1, -0.05) is 37.6 Å². The van der Waals surface area contributed by atoms with Gasteiger partial charge in [0.2, 0.25) is 5.91 Å². The number of hydrogen-bond donors (Lipinski definition) is 1. The van der Waals surface area contributed by atoms with Crippen molar-refractivity contribution in [2.45, 2.75) is 39.3 Å². The van der Waals surface area contributed by atoms with Crippen LogP contribution in [0.4, 0.5) is 4.39 Å². The summed E-state index contributed by atoms with van der Waals surface area (Å²) in [6.45, 7) is 4.37. The van der Waals surface area contributed by atoms with Gasteiger partial charge in [-0.3, -0.25) is 9.59 Å². The molecule has 0 bridgehead atoms. The van der Waals surface area contributed by atoms with E-state index in [0.717, 1.165) is 12.0 Å². The van der Waals surface area contributed by atoms with Gasteiger partial charge in [0.15, 0.2) is 6.61 Å². The Labute approximate surface area is 175 Å². The summed E-state index contributed by atoms with van der Waals surface area (Å²) in [5.41, 5.74) is 0.853. The van der Waals surface area contributed by atoms with E-state index >= 15 is 0 Å². The molecule has 0 saturated carbocycles. The third kappa shape index (κ3) is 7.06. The number of carbonyl (C=O) groups is 2. The second-order valence-electron chi connectivity index (χ2n) is 6.61. The number of nitrogens with one attached hydrogen (secondary N) is 1. The largest absolute Gasteiger partial charge is 0.484 e. The van der Waals surface area contributed by atoms with Gasteiger partial charge < -0.3 is 15.0 Å². The lowest BCUT2D eigenvalue weighted by molar-refractivity contribution is -0.143. The predicted octanol–water partition coefficient (Wildman–Crippen LogP) is 4.19. The molecule has 0 radical (unpaired) electrons. The van der Waals surface area contributed by atoms with Crippen LogP contribution in [-0.2, 0) is 16.1 Å². The average Bonchev–Trinajstić information content (AvgIpc) is 2.72. The molecule has 0 fully saturated rings. The lowest BCUT2D eigenvalue weighted by atomic mass is 10.1. The number of benzene rings is 2. The molecule has 2 aromatic carbocycles. The maximum Gasteiger partial charge on any atom is 0.261 e. The molecule has 1 N–H and O–H groups in total. The van der Waals surface area contributed by atoms with Gasteiger partial charge in [-0.05, 0) is 54.8 Å². The molecule has 2 aromatic rings. The molecule has 0 spiro atoms. The molecule has 7 heteroatoms. The molecule has 2 rings (SSSR count). The lowest BCUT2D eigenvalue weighted by Crippen LogP contribution is -2.50. The summed E-state index contributed by atoms with van der Waals surface area (Å²) in [4.78, 5) is 27.1. The van der Waals surface area contributed by atoms with Crippen molar-refractivity contribution in [3.8, 4) is 5.75 Å². The van der Waals surface area contributed by atoms with Crippen molar-refractivity contribution in [3.05, 3.63) is 64.9 Å². The minimum atomic E-state index is -0.624. The Morgan fingerprint density at radius 1 is 1.10 bits per heavy atom. The van der Waals surface area contributed by atoms with Crippen molar-refractivity contribution in [1.82, 2.24) is 10.2 Å². The van der Waals surface area contributed by atoms with E-state index in [1.54, 1.807) is 12.1 Å². The predicted molar refractivity (Wildman–Crippen MR) is 111 cm³/mol. The van der Waals surface area contributed by atoms with E-state index in [9.17, 15) is 14.0 Å². The number of halogens is 2. The summed E-state index contributed by atoms with van der Waals surface area (Å²) in [7, 11) is 0. The molecule has 1 unspecified atom stereocenters. The molecule has 1 atom stereocenters. The average molecular weight is 421 g/mol. The van der Waals surface area contributed by atoms with E-state index in [0.29, 0.717) is 23.7 Å². The van der Waals surface area contributed by atoms with Crippen molar-refractivity contribution in [1.29, 1.82) is 0 Å². The van der Waals surface area contributed by atoms with Gasteiger partial charge in [0.25, 0.3) is 5.91 Å². The second-order valence-corrected chi connectivity index (χ2v) is 7.04. The molecule has 0 saturated heterocycles. The summed E-state index contributed by atoms with van der Waals surface area (Å²) in [6.07, 6.45) is 1.27. The monoisotopic (exact) mass is 420 g/mol. The van der Waals surface area contributed by atoms with Crippen LogP contribution in [0.15, 0.2) is 48.5 Å². The summed E-state index contributed by atoms with van der Waals surface area (Å²) >= 11 is 5.95. The number of nitrogens with zero attached hydrogens (tertiary/aromatic N) is 1. The van der Waals surface area contributed by atoms with Crippen molar-refractivity contribution >= 4 is 23.4 Å². The highest BCUT2D eigenvalue weighted by Gasteiger charge is 2.28. The van der Waals surface area contributed by atoms with Crippen molar-refractivity contribution < 1.29 is 18.7 Å². The molecule has 156 valence electrons. The molecule has 2 amide bonds. The van der Waals surface area contributed by atoms with Crippen LogP contribution in [0.2, 0.25) is 5.02 Å². The summed E-state index contributed by atoms with van der Waals surface area (Å²) in [5, 5.41) is 3.45. The highest BCUT2D eigenvalue weighted by Crippen LogP contribution is 2.16. The number of carbonyl (C=O) groups excluding carboxylic acids is 2. The molecule has 0 aliphatic heterocycles. The van der Waals surface area contributed by atoms with Crippen LogP contribution in [0, 0.1) is 5.82 Å². The first-order valence-electron chi connectivity index (χ1n) is 9.64. The standard InChI is InChI=1S/C22H26ClFN2O3/c1-3-13-25-22(28)20(4-2)26(14-16-5-7-17(23)8-6-16)21(27)15-29-19-11-9-18(24)10-12-19/h5-12,20H,3-4,13-15H2,1-2H3,(H,25,28). The van der Waals surface area contributed by atoms with Crippen LogP contribution in [0.3, 0.4) is 0 Å². The molecule has 0 aliphatic carbocycles. The highest BCUT2D eigenvalue weighted by atomic mass is 35.5. The Kier molecular flexibility index (Phi) is 8.93. The van der Waals surface area contributed by atoms with Crippen LogP contribution in [-0.4, -0.2) is 35.9 Å².